The summed E-state index contributed by atoms with van der Waals surface area (Å²) in [6.45, 7) is 5.48. The Morgan fingerprint density at radius 3 is 2.52 bits per heavy atom. The highest BCUT2D eigenvalue weighted by atomic mass is 16.5. The molecule has 0 saturated heterocycles. The van der Waals surface area contributed by atoms with E-state index in [1.165, 1.54) is 0 Å². The Morgan fingerprint density at radius 1 is 1.11 bits per heavy atom. The molecule has 2 aromatic rings. The molecular formula is C22H29NO4. The molecule has 0 aliphatic heterocycles. The van der Waals surface area contributed by atoms with Crippen LogP contribution >= 0.6 is 0 Å². The minimum absolute atomic E-state index is 0.150. The van der Waals surface area contributed by atoms with E-state index < -0.39 is 0 Å². The van der Waals surface area contributed by atoms with Gasteiger partial charge in [0.25, 0.3) is 5.91 Å². The summed E-state index contributed by atoms with van der Waals surface area (Å²) in [5, 5.41) is 12.2. The molecule has 0 aliphatic rings. The van der Waals surface area contributed by atoms with Crippen molar-refractivity contribution in [2.24, 2.45) is 5.92 Å². The third-order valence-electron chi connectivity index (χ3n) is 4.24. The lowest BCUT2D eigenvalue weighted by Gasteiger charge is -2.13. The van der Waals surface area contributed by atoms with Gasteiger partial charge in [0, 0.05) is 12.1 Å². The predicted molar refractivity (Wildman–Crippen MR) is 107 cm³/mol. The summed E-state index contributed by atoms with van der Waals surface area (Å²) >= 11 is 0. The molecule has 2 N–H and O–H groups in total. The van der Waals surface area contributed by atoms with Gasteiger partial charge >= 0.3 is 0 Å². The number of nitrogens with one attached hydrogen (secondary N) is 1. The molecule has 0 heterocycles. The van der Waals surface area contributed by atoms with Crippen LogP contribution in [0.15, 0.2) is 42.5 Å². The number of carbonyl (C=O) groups excluding carboxylic acids is 1. The highest BCUT2D eigenvalue weighted by molar-refractivity contribution is 5.94. The quantitative estimate of drug-likeness (QED) is 0.615. The highest BCUT2D eigenvalue weighted by Crippen LogP contribution is 2.28. The van der Waals surface area contributed by atoms with E-state index in [1.54, 1.807) is 37.4 Å². The first-order chi connectivity index (χ1) is 13.0. The van der Waals surface area contributed by atoms with Crippen LogP contribution in [0.25, 0.3) is 0 Å². The van der Waals surface area contributed by atoms with E-state index in [4.69, 9.17) is 9.47 Å². The fourth-order valence-electron chi connectivity index (χ4n) is 2.69. The van der Waals surface area contributed by atoms with Crippen LogP contribution in [-0.2, 0) is 6.42 Å². The van der Waals surface area contributed by atoms with Crippen LogP contribution in [0.5, 0.6) is 17.2 Å². The van der Waals surface area contributed by atoms with Gasteiger partial charge in [-0.25, -0.2) is 0 Å². The minimum Gasteiger partial charge on any atom is -0.508 e. The zero-order valence-corrected chi connectivity index (χ0v) is 16.3. The number of amides is 1. The maximum absolute atomic E-state index is 12.4. The zero-order chi connectivity index (χ0) is 19.6. The zero-order valence-electron chi connectivity index (χ0n) is 16.3. The molecule has 2 aromatic carbocycles. The van der Waals surface area contributed by atoms with Crippen molar-refractivity contribution in [1.29, 1.82) is 0 Å². The lowest BCUT2D eigenvalue weighted by Crippen LogP contribution is -2.25. The van der Waals surface area contributed by atoms with Crippen molar-refractivity contribution in [3.63, 3.8) is 0 Å². The summed E-state index contributed by atoms with van der Waals surface area (Å²) in [6, 6.07) is 12.2. The maximum Gasteiger partial charge on any atom is 0.251 e. The van der Waals surface area contributed by atoms with Crippen molar-refractivity contribution in [3.05, 3.63) is 53.6 Å². The number of carbonyl (C=O) groups is 1. The second kappa shape index (κ2) is 10.5. The molecule has 0 atom stereocenters. The van der Waals surface area contributed by atoms with Crippen LogP contribution in [0.3, 0.4) is 0 Å². The van der Waals surface area contributed by atoms with E-state index in [0.717, 1.165) is 18.4 Å². The Labute approximate surface area is 161 Å². The van der Waals surface area contributed by atoms with Crippen molar-refractivity contribution in [2.75, 3.05) is 20.3 Å². The SMILES string of the molecule is COc1ccc(C(=O)NCCc2ccc(O)cc2)cc1OCCCC(C)C. The van der Waals surface area contributed by atoms with Crippen LogP contribution in [-0.4, -0.2) is 31.3 Å². The Hall–Kier alpha value is -2.69. The number of rotatable bonds is 10. The molecule has 0 aliphatic carbocycles. The van der Waals surface area contributed by atoms with E-state index in [-0.39, 0.29) is 11.7 Å². The highest BCUT2D eigenvalue weighted by Gasteiger charge is 2.11. The second-order valence-electron chi connectivity index (χ2n) is 6.92. The molecule has 0 bridgehead atoms. The molecule has 0 fully saturated rings. The van der Waals surface area contributed by atoms with Crippen molar-refractivity contribution in [1.82, 2.24) is 5.32 Å². The Balaban J connectivity index is 1.90. The van der Waals surface area contributed by atoms with Crippen molar-refractivity contribution >= 4 is 5.91 Å². The first-order valence-corrected chi connectivity index (χ1v) is 9.36. The summed E-state index contributed by atoms with van der Waals surface area (Å²) in [4.78, 5) is 12.4. The van der Waals surface area contributed by atoms with Gasteiger partial charge in [-0.3, -0.25) is 4.79 Å². The summed E-state index contributed by atoms with van der Waals surface area (Å²) in [6.07, 6.45) is 2.75. The lowest BCUT2D eigenvalue weighted by molar-refractivity contribution is 0.0953. The standard InChI is InChI=1S/C22H29NO4/c1-16(2)5-4-14-27-21-15-18(8-11-20(21)26-3)22(25)23-13-12-17-6-9-19(24)10-7-17/h6-11,15-16,24H,4-5,12-14H2,1-3H3,(H,23,25). The molecule has 0 spiro atoms. The Morgan fingerprint density at radius 2 is 1.85 bits per heavy atom. The number of hydrogen-bond donors (Lipinski definition) is 2. The number of ether oxygens (including phenoxy) is 2. The number of phenolic OH excluding ortho intramolecular Hbond substituents is 1. The van der Waals surface area contributed by atoms with E-state index in [2.05, 4.69) is 19.2 Å². The molecule has 0 saturated carbocycles. The average molecular weight is 371 g/mol. The van der Waals surface area contributed by atoms with Crippen molar-refractivity contribution in [3.8, 4) is 17.2 Å². The topological polar surface area (TPSA) is 67.8 Å². The van der Waals surface area contributed by atoms with Crippen LogP contribution in [0.4, 0.5) is 0 Å². The van der Waals surface area contributed by atoms with Gasteiger partial charge in [0.2, 0.25) is 0 Å². The predicted octanol–water partition coefficient (Wildman–Crippen LogP) is 4.19. The lowest BCUT2D eigenvalue weighted by atomic mass is 10.1. The maximum atomic E-state index is 12.4. The molecule has 5 heteroatoms. The molecule has 146 valence electrons. The Kier molecular flexibility index (Phi) is 7.99. The van der Waals surface area contributed by atoms with Crippen LogP contribution in [0.2, 0.25) is 0 Å². The average Bonchev–Trinajstić information content (AvgIpc) is 2.66. The van der Waals surface area contributed by atoms with Gasteiger partial charge < -0.3 is 19.9 Å². The minimum atomic E-state index is -0.150. The van der Waals surface area contributed by atoms with Gasteiger partial charge in [-0.15, -0.1) is 0 Å². The third-order valence-corrected chi connectivity index (χ3v) is 4.24. The fraction of sp³-hybridized carbons (Fsp3) is 0.409. The van der Waals surface area contributed by atoms with Gasteiger partial charge in [0.1, 0.15) is 5.75 Å². The summed E-state index contributed by atoms with van der Waals surface area (Å²) in [5.41, 5.74) is 1.59. The molecule has 1 amide bonds. The summed E-state index contributed by atoms with van der Waals surface area (Å²) < 4.78 is 11.2. The van der Waals surface area contributed by atoms with Gasteiger partial charge in [0.05, 0.1) is 13.7 Å². The fourth-order valence-corrected chi connectivity index (χ4v) is 2.69. The monoisotopic (exact) mass is 371 g/mol. The van der Waals surface area contributed by atoms with Crippen molar-refractivity contribution < 1.29 is 19.4 Å². The number of benzene rings is 2. The van der Waals surface area contributed by atoms with Crippen LogP contribution in [0, 0.1) is 5.92 Å². The van der Waals surface area contributed by atoms with Crippen LogP contribution in [0.1, 0.15) is 42.6 Å². The second-order valence-corrected chi connectivity index (χ2v) is 6.92. The van der Waals surface area contributed by atoms with E-state index in [0.29, 0.717) is 42.6 Å². The number of aromatic hydroxyl groups is 1. The number of hydrogen-bond acceptors (Lipinski definition) is 4. The smallest absolute Gasteiger partial charge is 0.251 e. The van der Waals surface area contributed by atoms with E-state index in [1.807, 2.05) is 12.1 Å². The van der Waals surface area contributed by atoms with Gasteiger partial charge in [0.15, 0.2) is 11.5 Å². The molecule has 27 heavy (non-hydrogen) atoms. The first kappa shape index (κ1) is 20.6. The molecule has 5 nitrogen and oxygen atoms in total. The van der Waals surface area contributed by atoms with Crippen molar-refractivity contribution in [2.45, 2.75) is 33.1 Å². The molecule has 0 radical (unpaired) electrons. The number of phenols is 1. The Bertz CT molecular complexity index is 726. The van der Waals surface area contributed by atoms with Crippen LogP contribution < -0.4 is 14.8 Å². The summed E-state index contributed by atoms with van der Waals surface area (Å²) in [7, 11) is 1.59. The van der Waals surface area contributed by atoms with Gasteiger partial charge in [-0.2, -0.15) is 0 Å². The third kappa shape index (κ3) is 6.85. The summed E-state index contributed by atoms with van der Waals surface area (Å²) in [5.74, 6) is 1.94. The number of methoxy groups -OCH3 is 1. The molecular weight excluding hydrogens is 342 g/mol. The normalized spacial score (nSPS) is 10.7. The molecule has 0 aromatic heterocycles. The van der Waals surface area contributed by atoms with E-state index >= 15 is 0 Å². The van der Waals surface area contributed by atoms with Gasteiger partial charge in [-0.1, -0.05) is 26.0 Å². The first-order valence-electron chi connectivity index (χ1n) is 9.36. The van der Waals surface area contributed by atoms with Gasteiger partial charge in [-0.05, 0) is 61.1 Å². The molecule has 2 rings (SSSR count). The largest absolute Gasteiger partial charge is 0.508 e. The molecule has 0 unspecified atom stereocenters. The van der Waals surface area contributed by atoms with E-state index in [9.17, 15) is 9.90 Å².